The lowest BCUT2D eigenvalue weighted by Crippen LogP contribution is -2.31. The molecule has 0 unspecified atom stereocenters. The van der Waals surface area contributed by atoms with Crippen LogP contribution in [0.2, 0.25) is 0 Å². The number of hydrogen-bond donors (Lipinski definition) is 2. The van der Waals surface area contributed by atoms with Gasteiger partial charge in [-0.05, 0) is 25.3 Å². The smallest absolute Gasteiger partial charge is 0.0918 e. The van der Waals surface area contributed by atoms with Crippen LogP contribution >= 0.6 is 0 Å². The van der Waals surface area contributed by atoms with Gasteiger partial charge in [0.25, 0.3) is 0 Å². The molecule has 19 heavy (non-hydrogen) atoms. The summed E-state index contributed by atoms with van der Waals surface area (Å²) in [7, 11) is 0. The van der Waals surface area contributed by atoms with Gasteiger partial charge in [0.15, 0.2) is 0 Å². The number of rotatable bonds is 7. The van der Waals surface area contributed by atoms with E-state index in [1.54, 1.807) is 0 Å². The lowest BCUT2D eigenvalue weighted by Gasteiger charge is -2.24. The molecule has 0 fully saturated rings. The molecule has 1 aromatic rings. The van der Waals surface area contributed by atoms with Gasteiger partial charge in [0.2, 0.25) is 0 Å². The predicted molar refractivity (Wildman–Crippen MR) is 82.6 cm³/mol. The van der Waals surface area contributed by atoms with Gasteiger partial charge in [0.05, 0.1) is 5.84 Å². The van der Waals surface area contributed by atoms with Crippen molar-refractivity contribution < 1.29 is 0 Å². The Hall–Kier alpha value is -1.35. The molecule has 3 heteroatoms. The number of hydrogen-bond acceptors (Lipinski definition) is 2. The van der Waals surface area contributed by atoms with Gasteiger partial charge in [0, 0.05) is 26.1 Å². The molecule has 3 nitrogen and oxygen atoms in total. The minimum Gasteiger partial charge on any atom is -0.388 e. The summed E-state index contributed by atoms with van der Waals surface area (Å²) in [4.78, 5) is 2.39. The Balaban J connectivity index is 2.71. The minimum absolute atomic E-state index is 0.272. The quantitative estimate of drug-likeness (QED) is 0.585. The molecular weight excluding hydrogens is 234 g/mol. The van der Waals surface area contributed by atoms with E-state index >= 15 is 0 Å². The van der Waals surface area contributed by atoms with E-state index in [1.807, 2.05) is 0 Å². The number of amidine groups is 1. The molecule has 0 aromatic heterocycles. The molecule has 0 saturated carbocycles. The Kier molecular flexibility index (Phi) is 6.03. The van der Waals surface area contributed by atoms with Crippen molar-refractivity contribution in [2.45, 2.75) is 40.7 Å². The van der Waals surface area contributed by atoms with Crippen LogP contribution in [0.15, 0.2) is 18.2 Å². The van der Waals surface area contributed by atoms with Crippen LogP contribution in [0.5, 0.6) is 0 Å². The third-order valence-electron chi connectivity index (χ3n) is 3.01. The molecule has 0 amide bonds. The van der Waals surface area contributed by atoms with E-state index in [2.05, 4.69) is 50.8 Å². The average molecular weight is 261 g/mol. The fourth-order valence-electron chi connectivity index (χ4n) is 2.45. The maximum atomic E-state index is 7.37. The van der Waals surface area contributed by atoms with Crippen molar-refractivity contribution in [1.29, 1.82) is 5.41 Å². The van der Waals surface area contributed by atoms with Crippen LogP contribution in [-0.2, 0) is 6.54 Å². The van der Waals surface area contributed by atoms with Crippen LogP contribution in [0, 0.1) is 25.2 Å². The van der Waals surface area contributed by atoms with E-state index in [0.717, 1.165) is 19.6 Å². The van der Waals surface area contributed by atoms with Gasteiger partial charge in [-0.15, -0.1) is 0 Å². The Morgan fingerprint density at radius 1 is 1.21 bits per heavy atom. The predicted octanol–water partition coefficient (Wildman–Crippen LogP) is 3.09. The van der Waals surface area contributed by atoms with Crippen LogP contribution in [0.25, 0.3) is 0 Å². The fraction of sp³-hybridized carbons (Fsp3) is 0.562. The third kappa shape index (κ3) is 6.39. The highest BCUT2D eigenvalue weighted by atomic mass is 15.1. The van der Waals surface area contributed by atoms with Crippen LogP contribution in [0.1, 0.15) is 37.0 Å². The number of benzene rings is 1. The van der Waals surface area contributed by atoms with Crippen molar-refractivity contribution in [3.63, 3.8) is 0 Å². The fourth-order valence-corrected chi connectivity index (χ4v) is 2.45. The molecule has 1 rings (SSSR count). The normalized spacial score (nSPS) is 11.3. The number of nitrogens with two attached hydrogens (primary N) is 1. The van der Waals surface area contributed by atoms with E-state index < -0.39 is 0 Å². The first kappa shape index (κ1) is 15.7. The highest BCUT2D eigenvalue weighted by Crippen LogP contribution is 2.13. The second-order valence-corrected chi connectivity index (χ2v) is 5.90. The molecule has 3 N–H and O–H groups in total. The topological polar surface area (TPSA) is 53.1 Å². The van der Waals surface area contributed by atoms with Crippen molar-refractivity contribution >= 4 is 5.84 Å². The van der Waals surface area contributed by atoms with Crippen molar-refractivity contribution in [2.75, 3.05) is 13.1 Å². The van der Waals surface area contributed by atoms with Crippen LogP contribution in [0.3, 0.4) is 0 Å². The van der Waals surface area contributed by atoms with Crippen molar-refractivity contribution in [1.82, 2.24) is 4.90 Å². The third-order valence-corrected chi connectivity index (χ3v) is 3.01. The van der Waals surface area contributed by atoms with Crippen LogP contribution in [0.4, 0.5) is 0 Å². The van der Waals surface area contributed by atoms with E-state index in [0.29, 0.717) is 12.3 Å². The zero-order valence-corrected chi connectivity index (χ0v) is 12.7. The highest BCUT2D eigenvalue weighted by Gasteiger charge is 2.09. The van der Waals surface area contributed by atoms with Crippen LogP contribution < -0.4 is 5.73 Å². The number of nitrogens with zero attached hydrogens (tertiary/aromatic N) is 1. The van der Waals surface area contributed by atoms with Gasteiger partial charge in [-0.25, -0.2) is 0 Å². The second-order valence-electron chi connectivity index (χ2n) is 5.90. The Bertz CT molecular complexity index is 404. The van der Waals surface area contributed by atoms with Crippen molar-refractivity contribution in [3.05, 3.63) is 34.9 Å². The summed E-state index contributed by atoms with van der Waals surface area (Å²) in [5.74, 6) is 0.895. The molecule has 0 aliphatic rings. The maximum absolute atomic E-state index is 7.37. The Morgan fingerprint density at radius 2 is 1.79 bits per heavy atom. The number of aryl methyl sites for hydroxylation is 2. The SMILES string of the molecule is Cc1cc(C)cc(CN(CCC(=N)N)CC(C)C)c1. The largest absolute Gasteiger partial charge is 0.388 e. The Labute approximate surface area is 117 Å². The first-order chi connectivity index (χ1) is 8.86. The summed E-state index contributed by atoms with van der Waals surface area (Å²) in [6.45, 7) is 11.6. The molecule has 0 atom stereocenters. The summed E-state index contributed by atoms with van der Waals surface area (Å²) in [6, 6.07) is 6.69. The molecule has 106 valence electrons. The van der Waals surface area contributed by atoms with Gasteiger partial charge in [-0.2, -0.15) is 0 Å². The zero-order chi connectivity index (χ0) is 14.4. The molecule has 0 saturated heterocycles. The zero-order valence-electron chi connectivity index (χ0n) is 12.7. The van der Waals surface area contributed by atoms with Gasteiger partial charge in [-0.3, -0.25) is 10.3 Å². The van der Waals surface area contributed by atoms with Gasteiger partial charge in [0.1, 0.15) is 0 Å². The lowest BCUT2D eigenvalue weighted by atomic mass is 10.1. The molecular formula is C16H27N3. The molecule has 0 radical (unpaired) electrons. The summed E-state index contributed by atoms with van der Waals surface area (Å²) < 4.78 is 0. The molecule has 1 aromatic carbocycles. The summed E-state index contributed by atoms with van der Waals surface area (Å²) in [6.07, 6.45) is 0.650. The van der Waals surface area contributed by atoms with Crippen LogP contribution in [-0.4, -0.2) is 23.8 Å². The summed E-state index contributed by atoms with van der Waals surface area (Å²) in [5, 5.41) is 7.37. The van der Waals surface area contributed by atoms with Crippen molar-refractivity contribution in [3.8, 4) is 0 Å². The van der Waals surface area contributed by atoms with Gasteiger partial charge in [-0.1, -0.05) is 43.2 Å². The van der Waals surface area contributed by atoms with E-state index in [9.17, 15) is 0 Å². The van der Waals surface area contributed by atoms with Gasteiger partial charge < -0.3 is 5.73 Å². The molecule has 0 heterocycles. The van der Waals surface area contributed by atoms with Crippen molar-refractivity contribution in [2.24, 2.45) is 11.7 Å². The maximum Gasteiger partial charge on any atom is 0.0918 e. The monoisotopic (exact) mass is 261 g/mol. The average Bonchev–Trinajstić information content (AvgIpc) is 2.23. The van der Waals surface area contributed by atoms with E-state index in [-0.39, 0.29) is 5.84 Å². The van der Waals surface area contributed by atoms with E-state index in [1.165, 1.54) is 16.7 Å². The standard InChI is InChI=1S/C16H27N3/c1-12(2)10-19(6-5-16(17)18)11-15-8-13(3)7-14(4)9-15/h7-9,12H,5-6,10-11H2,1-4H3,(H3,17,18). The summed E-state index contributed by atoms with van der Waals surface area (Å²) in [5.41, 5.74) is 9.44. The lowest BCUT2D eigenvalue weighted by molar-refractivity contribution is 0.242. The molecule has 0 aliphatic carbocycles. The Morgan fingerprint density at radius 3 is 2.26 bits per heavy atom. The van der Waals surface area contributed by atoms with E-state index in [4.69, 9.17) is 11.1 Å². The summed E-state index contributed by atoms with van der Waals surface area (Å²) >= 11 is 0. The first-order valence-corrected chi connectivity index (χ1v) is 6.99. The first-order valence-electron chi connectivity index (χ1n) is 6.99. The minimum atomic E-state index is 0.272. The second kappa shape index (κ2) is 7.29. The number of nitrogens with one attached hydrogen (secondary N) is 1. The van der Waals surface area contributed by atoms with Gasteiger partial charge >= 0.3 is 0 Å². The molecule has 0 bridgehead atoms. The highest BCUT2D eigenvalue weighted by molar-refractivity contribution is 5.76. The molecule has 0 aliphatic heterocycles. The molecule has 0 spiro atoms.